The Morgan fingerprint density at radius 2 is 2.16 bits per heavy atom. The Balaban J connectivity index is 1.41. The lowest BCUT2D eigenvalue weighted by Crippen LogP contribution is -2.33. The number of hydrogen-bond donors (Lipinski definition) is 1. The van der Waals surface area contributed by atoms with Gasteiger partial charge in [0.05, 0.1) is 5.92 Å². The Morgan fingerprint density at radius 3 is 2.92 bits per heavy atom. The summed E-state index contributed by atoms with van der Waals surface area (Å²) in [5.41, 5.74) is 2.00. The van der Waals surface area contributed by atoms with Gasteiger partial charge in [-0.1, -0.05) is 12.1 Å². The quantitative estimate of drug-likeness (QED) is 0.778. The van der Waals surface area contributed by atoms with Crippen molar-refractivity contribution in [3.05, 3.63) is 60.2 Å². The maximum atomic E-state index is 12.3. The lowest BCUT2D eigenvalue weighted by atomic mass is 10.1. The van der Waals surface area contributed by atoms with Gasteiger partial charge in [-0.2, -0.15) is 0 Å². The lowest BCUT2D eigenvalue weighted by Gasteiger charge is -2.16. The second-order valence-corrected chi connectivity index (χ2v) is 6.25. The molecule has 0 bridgehead atoms. The van der Waals surface area contributed by atoms with Crippen molar-refractivity contribution in [1.82, 2.24) is 20.2 Å². The molecule has 2 aromatic heterocycles. The summed E-state index contributed by atoms with van der Waals surface area (Å²) < 4.78 is 0. The molecule has 3 heterocycles. The van der Waals surface area contributed by atoms with Crippen LogP contribution in [0.5, 0.6) is 0 Å². The van der Waals surface area contributed by atoms with Crippen LogP contribution in [-0.4, -0.2) is 39.8 Å². The minimum absolute atomic E-state index is 0.0255. The van der Waals surface area contributed by atoms with E-state index < -0.39 is 0 Å². The molecule has 2 aromatic rings. The molecule has 1 saturated heterocycles. The molecule has 0 saturated carbocycles. The van der Waals surface area contributed by atoms with Crippen LogP contribution in [0.1, 0.15) is 24.1 Å². The molecule has 0 radical (unpaired) electrons. The van der Waals surface area contributed by atoms with E-state index in [0.29, 0.717) is 19.6 Å². The van der Waals surface area contributed by atoms with Crippen molar-refractivity contribution in [3.63, 3.8) is 0 Å². The SMILES string of the molecule is O=C(NCCCc1ccccn1)[C@H]1CC(=O)N(Cc2cccnc2)C1. The molecule has 1 atom stereocenters. The summed E-state index contributed by atoms with van der Waals surface area (Å²) >= 11 is 0. The fourth-order valence-corrected chi connectivity index (χ4v) is 2.98. The van der Waals surface area contributed by atoms with E-state index in [1.807, 2.05) is 30.3 Å². The normalized spacial score (nSPS) is 16.9. The highest BCUT2D eigenvalue weighted by Crippen LogP contribution is 2.20. The van der Waals surface area contributed by atoms with Gasteiger partial charge >= 0.3 is 0 Å². The minimum atomic E-state index is -0.265. The Kier molecular flexibility index (Phi) is 5.72. The number of rotatable bonds is 7. The van der Waals surface area contributed by atoms with E-state index >= 15 is 0 Å². The lowest BCUT2D eigenvalue weighted by molar-refractivity contribution is -0.129. The molecular weight excluding hydrogens is 316 g/mol. The predicted octanol–water partition coefficient (Wildman–Crippen LogP) is 1.57. The zero-order valence-electron chi connectivity index (χ0n) is 14.1. The zero-order valence-corrected chi connectivity index (χ0v) is 14.1. The zero-order chi connectivity index (χ0) is 17.5. The average molecular weight is 338 g/mol. The van der Waals surface area contributed by atoms with Gasteiger partial charge in [0, 0.05) is 50.3 Å². The largest absolute Gasteiger partial charge is 0.356 e. The molecule has 1 aliphatic heterocycles. The summed E-state index contributed by atoms with van der Waals surface area (Å²) in [5, 5.41) is 2.94. The number of nitrogens with one attached hydrogen (secondary N) is 1. The van der Waals surface area contributed by atoms with E-state index in [4.69, 9.17) is 0 Å². The van der Waals surface area contributed by atoms with Gasteiger partial charge in [-0.15, -0.1) is 0 Å². The van der Waals surface area contributed by atoms with E-state index in [9.17, 15) is 9.59 Å². The smallest absolute Gasteiger partial charge is 0.225 e. The second-order valence-electron chi connectivity index (χ2n) is 6.25. The third kappa shape index (κ3) is 4.86. The highest BCUT2D eigenvalue weighted by atomic mass is 16.2. The first-order chi connectivity index (χ1) is 12.2. The van der Waals surface area contributed by atoms with E-state index in [-0.39, 0.29) is 24.2 Å². The maximum absolute atomic E-state index is 12.3. The standard InChI is InChI=1S/C19H22N4O2/c24-18-11-16(14-23(18)13-15-5-3-8-20-12-15)19(25)22-10-4-7-17-6-1-2-9-21-17/h1-3,5-6,8-9,12,16H,4,7,10-11,13-14H2,(H,22,25)/t16-/m0/s1. The molecule has 6 nitrogen and oxygen atoms in total. The van der Waals surface area contributed by atoms with Crippen molar-refractivity contribution in [2.24, 2.45) is 5.92 Å². The van der Waals surface area contributed by atoms with Crippen LogP contribution in [-0.2, 0) is 22.6 Å². The van der Waals surface area contributed by atoms with Gasteiger partial charge in [0.1, 0.15) is 0 Å². The molecule has 3 rings (SSSR count). The number of amides is 2. The molecule has 0 spiro atoms. The van der Waals surface area contributed by atoms with Crippen molar-refractivity contribution in [1.29, 1.82) is 0 Å². The highest BCUT2D eigenvalue weighted by Gasteiger charge is 2.33. The third-order valence-electron chi connectivity index (χ3n) is 4.32. The summed E-state index contributed by atoms with van der Waals surface area (Å²) in [4.78, 5) is 34.5. The van der Waals surface area contributed by atoms with E-state index in [1.54, 1.807) is 23.5 Å². The van der Waals surface area contributed by atoms with Crippen molar-refractivity contribution < 1.29 is 9.59 Å². The average Bonchev–Trinajstić information content (AvgIpc) is 3.01. The number of hydrogen-bond acceptors (Lipinski definition) is 4. The fraction of sp³-hybridized carbons (Fsp3) is 0.368. The van der Waals surface area contributed by atoms with Gasteiger partial charge in [0.2, 0.25) is 11.8 Å². The van der Waals surface area contributed by atoms with Crippen LogP contribution in [0.15, 0.2) is 48.9 Å². The van der Waals surface area contributed by atoms with Crippen LogP contribution in [0.3, 0.4) is 0 Å². The van der Waals surface area contributed by atoms with E-state index in [0.717, 1.165) is 24.1 Å². The van der Waals surface area contributed by atoms with Gasteiger partial charge < -0.3 is 10.2 Å². The molecule has 2 amide bonds. The molecule has 1 fully saturated rings. The highest BCUT2D eigenvalue weighted by molar-refractivity contribution is 5.89. The molecule has 130 valence electrons. The van der Waals surface area contributed by atoms with Crippen molar-refractivity contribution in [2.75, 3.05) is 13.1 Å². The van der Waals surface area contributed by atoms with Gasteiger partial charge in [0.25, 0.3) is 0 Å². The molecule has 0 aliphatic carbocycles. The van der Waals surface area contributed by atoms with Crippen LogP contribution >= 0.6 is 0 Å². The summed E-state index contributed by atoms with van der Waals surface area (Å²) in [5.74, 6) is -0.278. The van der Waals surface area contributed by atoms with Crippen molar-refractivity contribution in [3.8, 4) is 0 Å². The number of aromatic nitrogens is 2. The van der Waals surface area contributed by atoms with Crippen molar-refractivity contribution in [2.45, 2.75) is 25.8 Å². The molecule has 0 unspecified atom stereocenters. The second kappa shape index (κ2) is 8.37. The molecule has 1 N–H and O–H groups in total. The number of carbonyl (C=O) groups excluding carboxylic acids is 2. The van der Waals surface area contributed by atoms with Crippen LogP contribution in [0, 0.1) is 5.92 Å². The Morgan fingerprint density at radius 1 is 1.24 bits per heavy atom. The molecule has 0 aromatic carbocycles. The topological polar surface area (TPSA) is 75.2 Å². The minimum Gasteiger partial charge on any atom is -0.356 e. The number of carbonyl (C=O) groups is 2. The van der Waals surface area contributed by atoms with Gasteiger partial charge in [-0.05, 0) is 36.6 Å². The van der Waals surface area contributed by atoms with E-state index in [1.165, 1.54) is 0 Å². The first-order valence-electron chi connectivity index (χ1n) is 8.56. The third-order valence-corrected chi connectivity index (χ3v) is 4.32. The first kappa shape index (κ1) is 17.1. The van der Waals surface area contributed by atoms with Crippen LogP contribution in [0.25, 0.3) is 0 Å². The predicted molar refractivity (Wildman–Crippen MR) is 93.3 cm³/mol. The molecule has 6 heteroatoms. The van der Waals surface area contributed by atoms with Crippen LogP contribution in [0.2, 0.25) is 0 Å². The van der Waals surface area contributed by atoms with Gasteiger partial charge in [-0.25, -0.2) is 0 Å². The number of aryl methyl sites for hydroxylation is 1. The molecule has 25 heavy (non-hydrogen) atoms. The number of likely N-dealkylation sites (tertiary alicyclic amines) is 1. The van der Waals surface area contributed by atoms with Crippen LogP contribution < -0.4 is 5.32 Å². The van der Waals surface area contributed by atoms with Gasteiger partial charge in [0.15, 0.2) is 0 Å². The monoisotopic (exact) mass is 338 g/mol. The Labute approximate surface area is 147 Å². The Hall–Kier alpha value is -2.76. The fourth-order valence-electron chi connectivity index (χ4n) is 2.98. The summed E-state index contributed by atoms with van der Waals surface area (Å²) in [6.07, 6.45) is 7.18. The first-order valence-corrected chi connectivity index (χ1v) is 8.56. The number of pyridine rings is 2. The van der Waals surface area contributed by atoms with Gasteiger partial charge in [-0.3, -0.25) is 19.6 Å². The summed E-state index contributed by atoms with van der Waals surface area (Å²) in [7, 11) is 0. The summed E-state index contributed by atoms with van der Waals surface area (Å²) in [6.45, 7) is 1.58. The molecular formula is C19H22N4O2. The van der Waals surface area contributed by atoms with Crippen molar-refractivity contribution >= 4 is 11.8 Å². The summed E-state index contributed by atoms with van der Waals surface area (Å²) in [6, 6.07) is 9.61. The van der Waals surface area contributed by atoms with E-state index in [2.05, 4.69) is 15.3 Å². The Bertz CT molecular complexity index is 706. The maximum Gasteiger partial charge on any atom is 0.225 e. The van der Waals surface area contributed by atoms with Crippen LogP contribution in [0.4, 0.5) is 0 Å². The number of nitrogens with zero attached hydrogens (tertiary/aromatic N) is 3. The molecule has 1 aliphatic rings.